The molecule has 0 aromatic carbocycles. The van der Waals surface area contributed by atoms with Crippen LogP contribution in [0.25, 0.3) is 0 Å². The van der Waals surface area contributed by atoms with Crippen molar-refractivity contribution in [3.05, 3.63) is 15.7 Å². The zero-order valence-corrected chi connectivity index (χ0v) is 5.88. The van der Waals surface area contributed by atoms with Gasteiger partial charge in [0.25, 0.3) is 0 Å². The van der Waals surface area contributed by atoms with Gasteiger partial charge in [0, 0.05) is 0 Å². The van der Waals surface area contributed by atoms with Crippen LogP contribution in [0.2, 0.25) is 0 Å². The van der Waals surface area contributed by atoms with Crippen LogP contribution in [0.1, 0.15) is 4.57 Å². The van der Waals surface area contributed by atoms with Crippen LogP contribution in [0, 0.1) is 11.3 Å². The molecule has 0 unspecified atom stereocenters. The quantitative estimate of drug-likeness (QED) is 0.566. The first kappa shape index (κ1) is 5.55. The van der Waals surface area contributed by atoms with E-state index in [1.807, 2.05) is 4.94 Å². The summed E-state index contributed by atoms with van der Waals surface area (Å²) in [4.78, 5) is 5.98. The Morgan fingerprint density at radius 2 is 2.75 bits per heavy atom. The zero-order chi connectivity index (χ0) is 5.82. The van der Waals surface area contributed by atoms with E-state index < -0.39 is 0 Å². The first-order chi connectivity index (χ1) is 3.93. The Kier molecular flexibility index (Phi) is 1.85. The van der Waals surface area contributed by atoms with Crippen molar-refractivity contribution in [3.8, 4) is 6.07 Å². The fraction of sp³-hybridized carbons (Fsp3) is 0.200. The molecule has 2 nitrogen and oxygen atoms in total. The van der Waals surface area contributed by atoms with Crippen LogP contribution in [-0.4, -0.2) is 19.5 Å². The van der Waals surface area contributed by atoms with Crippen LogP contribution in [0.15, 0.2) is 11.1 Å². The second kappa shape index (κ2) is 2.66. The number of nitrogens with zero attached hydrogens (tertiary/aromatic N) is 2. The Hall–Kier alpha value is -0.581. The summed E-state index contributed by atoms with van der Waals surface area (Å²) in [5.74, 6) is 0. The fourth-order valence-corrected chi connectivity index (χ4v) is 1.56. The molecule has 0 amide bonds. The van der Waals surface area contributed by atoms with Crippen LogP contribution in [0.4, 0.5) is 0 Å². The topological polar surface area (TPSA) is 36.7 Å². The molecule has 40 valence electrons. The van der Waals surface area contributed by atoms with Gasteiger partial charge in [0.2, 0.25) is 0 Å². The van der Waals surface area contributed by atoms with Gasteiger partial charge in [-0.2, -0.15) is 0 Å². The summed E-state index contributed by atoms with van der Waals surface area (Å²) < 4.78 is 1.04. The van der Waals surface area contributed by atoms with Crippen molar-refractivity contribution in [1.82, 2.24) is 4.98 Å². The van der Waals surface area contributed by atoms with E-state index in [9.17, 15) is 0 Å². The molecule has 0 aliphatic heterocycles. The second-order valence-corrected chi connectivity index (χ2v) is 3.31. The molecule has 0 atom stereocenters. The van der Waals surface area contributed by atoms with Crippen molar-refractivity contribution in [2.45, 2.75) is 6.42 Å². The Labute approximate surface area is 53.5 Å². The van der Waals surface area contributed by atoms with Gasteiger partial charge in [0.15, 0.2) is 0 Å². The first-order valence-corrected chi connectivity index (χ1v) is 4.03. The molecule has 1 aromatic heterocycles. The van der Waals surface area contributed by atoms with Crippen molar-refractivity contribution in [2.24, 2.45) is 0 Å². The van der Waals surface area contributed by atoms with Crippen molar-refractivity contribution in [2.75, 3.05) is 0 Å². The molecule has 0 saturated carbocycles. The number of hydrogen-bond acceptors (Lipinski definition) is 2. The summed E-state index contributed by atoms with van der Waals surface area (Å²) in [7, 11) is 0. The van der Waals surface area contributed by atoms with E-state index in [0.717, 1.165) is 4.57 Å². The molecular formula is C5H4N2Se. The van der Waals surface area contributed by atoms with Gasteiger partial charge in [-0.25, -0.2) is 0 Å². The SMILES string of the molecule is N#CCc1ncc[se]1. The van der Waals surface area contributed by atoms with Crippen molar-refractivity contribution >= 4 is 14.5 Å². The molecule has 8 heavy (non-hydrogen) atoms. The van der Waals surface area contributed by atoms with Crippen LogP contribution < -0.4 is 0 Å². The number of aromatic nitrogens is 1. The predicted octanol–water partition coefficient (Wildman–Crippen LogP) is 0.205. The van der Waals surface area contributed by atoms with Gasteiger partial charge in [-0.05, 0) is 0 Å². The van der Waals surface area contributed by atoms with Crippen LogP contribution in [-0.2, 0) is 6.42 Å². The predicted molar refractivity (Wildman–Crippen MR) is 30.5 cm³/mol. The third-order valence-corrected chi connectivity index (χ3v) is 2.35. The molecule has 1 aromatic rings. The summed E-state index contributed by atoms with van der Waals surface area (Å²) in [6, 6.07) is 2.05. The van der Waals surface area contributed by atoms with Crippen molar-refractivity contribution in [3.63, 3.8) is 0 Å². The monoisotopic (exact) mass is 172 g/mol. The Balaban J connectivity index is 2.67. The van der Waals surface area contributed by atoms with Crippen LogP contribution in [0.5, 0.6) is 0 Å². The van der Waals surface area contributed by atoms with Gasteiger partial charge in [0.1, 0.15) is 0 Å². The van der Waals surface area contributed by atoms with E-state index in [1.54, 1.807) is 6.20 Å². The van der Waals surface area contributed by atoms with E-state index in [-0.39, 0.29) is 0 Å². The molecule has 0 saturated heterocycles. The van der Waals surface area contributed by atoms with Crippen LogP contribution >= 0.6 is 0 Å². The summed E-state index contributed by atoms with van der Waals surface area (Å²) in [6.07, 6.45) is 2.28. The van der Waals surface area contributed by atoms with Gasteiger partial charge in [-0.15, -0.1) is 0 Å². The van der Waals surface area contributed by atoms with Gasteiger partial charge >= 0.3 is 52.9 Å². The van der Waals surface area contributed by atoms with Gasteiger partial charge < -0.3 is 0 Å². The second-order valence-electron chi connectivity index (χ2n) is 1.26. The molecule has 1 heterocycles. The maximum atomic E-state index is 8.18. The minimum atomic E-state index is 0.385. The molecule has 0 radical (unpaired) electrons. The van der Waals surface area contributed by atoms with E-state index >= 15 is 0 Å². The molecule has 1 rings (SSSR count). The summed E-state index contributed by atoms with van der Waals surface area (Å²) in [5, 5.41) is 8.18. The molecule has 0 aliphatic rings. The molecule has 0 bridgehead atoms. The van der Waals surface area contributed by atoms with Gasteiger partial charge in [-0.1, -0.05) is 0 Å². The Morgan fingerprint density at radius 1 is 1.88 bits per heavy atom. The van der Waals surface area contributed by atoms with E-state index in [1.165, 1.54) is 0 Å². The molecule has 0 fully saturated rings. The Morgan fingerprint density at radius 3 is 3.25 bits per heavy atom. The van der Waals surface area contributed by atoms with Crippen LogP contribution in [0.3, 0.4) is 0 Å². The number of rotatable bonds is 1. The Bertz CT molecular complexity index is 185. The normalized spacial score (nSPS) is 8.38. The average molecular weight is 171 g/mol. The standard InChI is InChI=1S/C5H4N2Se/c6-2-1-5-7-3-4-8-5/h3-4H,1H2. The van der Waals surface area contributed by atoms with Gasteiger partial charge in [0.05, 0.1) is 0 Å². The number of nitriles is 1. The average Bonchev–Trinajstić information content (AvgIpc) is 2.19. The summed E-state index contributed by atoms with van der Waals surface area (Å²) in [5.41, 5.74) is 0. The summed E-state index contributed by atoms with van der Waals surface area (Å²) in [6.45, 7) is 0. The maximum absolute atomic E-state index is 8.18. The molecule has 0 N–H and O–H groups in total. The molecule has 0 spiro atoms. The van der Waals surface area contributed by atoms with E-state index in [2.05, 4.69) is 11.1 Å². The third kappa shape index (κ3) is 1.19. The van der Waals surface area contributed by atoms with E-state index in [4.69, 9.17) is 5.26 Å². The van der Waals surface area contributed by atoms with Gasteiger partial charge in [-0.3, -0.25) is 0 Å². The van der Waals surface area contributed by atoms with Crippen molar-refractivity contribution in [1.29, 1.82) is 5.26 Å². The van der Waals surface area contributed by atoms with E-state index in [0.29, 0.717) is 20.9 Å². The van der Waals surface area contributed by atoms with Crippen molar-refractivity contribution < 1.29 is 0 Å². The zero-order valence-electron chi connectivity index (χ0n) is 4.16. The molecule has 0 aliphatic carbocycles. The molecule has 3 heteroatoms. The first-order valence-electron chi connectivity index (χ1n) is 2.19. The third-order valence-electron chi connectivity index (χ3n) is 0.714. The molecular weight excluding hydrogens is 167 g/mol. The summed E-state index contributed by atoms with van der Waals surface area (Å²) >= 11 is 0.385. The minimum absolute atomic E-state index is 0.385. The number of hydrogen-bond donors (Lipinski definition) is 0. The fourth-order valence-electron chi connectivity index (χ4n) is 0.408.